The number of primary amides is 1. The van der Waals surface area contributed by atoms with Gasteiger partial charge in [-0.25, -0.2) is 0 Å². The molecule has 0 aliphatic carbocycles. The number of likely N-dealkylation sites (tertiary alicyclic amines) is 1. The van der Waals surface area contributed by atoms with E-state index in [9.17, 15) is 9.59 Å². The molecular formula is C22H24N2O5. The van der Waals surface area contributed by atoms with Crippen molar-refractivity contribution in [3.05, 3.63) is 53.6 Å². The second-order valence-electron chi connectivity index (χ2n) is 7.15. The molecule has 0 radical (unpaired) electrons. The molecule has 1 saturated heterocycles. The third kappa shape index (κ3) is 4.13. The first-order valence-electron chi connectivity index (χ1n) is 9.84. The molecule has 2 aliphatic rings. The Hall–Kier alpha value is -3.22. The third-order valence-electron chi connectivity index (χ3n) is 5.23. The molecule has 1 fully saturated rings. The van der Waals surface area contributed by atoms with Gasteiger partial charge in [0.15, 0.2) is 18.1 Å². The predicted molar refractivity (Wildman–Crippen MR) is 106 cm³/mol. The molecule has 2 aliphatic heterocycles. The Morgan fingerprint density at radius 1 is 1.07 bits per heavy atom. The molecule has 2 aromatic carbocycles. The normalized spacial score (nSPS) is 18.2. The average Bonchev–Trinajstić information content (AvgIpc) is 3.11. The van der Waals surface area contributed by atoms with Gasteiger partial charge >= 0.3 is 0 Å². The molecule has 0 unspecified atom stereocenters. The number of ether oxygens (including phenoxy) is 3. The fraction of sp³-hybridized carbons (Fsp3) is 0.364. The molecule has 1 atom stereocenters. The van der Waals surface area contributed by atoms with Crippen LogP contribution in [0.3, 0.4) is 0 Å². The van der Waals surface area contributed by atoms with E-state index in [1.165, 1.54) is 0 Å². The molecule has 0 bridgehead atoms. The largest absolute Gasteiger partial charge is 0.490 e. The molecule has 2 N–H and O–H groups in total. The minimum absolute atomic E-state index is 0.0327. The van der Waals surface area contributed by atoms with Gasteiger partial charge < -0.3 is 24.8 Å². The maximum absolute atomic E-state index is 12.9. The Balaban J connectivity index is 1.47. The summed E-state index contributed by atoms with van der Waals surface area (Å²) < 4.78 is 17.1. The highest BCUT2D eigenvalue weighted by molar-refractivity contribution is 5.95. The summed E-state index contributed by atoms with van der Waals surface area (Å²) in [6, 6.07) is 12.5. The van der Waals surface area contributed by atoms with Gasteiger partial charge in [-0.1, -0.05) is 18.2 Å². The first kappa shape index (κ1) is 19.1. The van der Waals surface area contributed by atoms with Gasteiger partial charge in [-0.05, 0) is 42.7 Å². The fourth-order valence-corrected chi connectivity index (χ4v) is 3.82. The molecule has 29 heavy (non-hydrogen) atoms. The highest BCUT2D eigenvalue weighted by Crippen LogP contribution is 2.38. The first-order chi connectivity index (χ1) is 14.1. The van der Waals surface area contributed by atoms with Crippen LogP contribution in [0, 0.1) is 0 Å². The van der Waals surface area contributed by atoms with E-state index in [4.69, 9.17) is 19.9 Å². The van der Waals surface area contributed by atoms with Crippen molar-refractivity contribution in [2.75, 3.05) is 26.4 Å². The highest BCUT2D eigenvalue weighted by Gasteiger charge is 2.31. The van der Waals surface area contributed by atoms with Crippen LogP contribution in [0.1, 0.15) is 41.2 Å². The summed E-state index contributed by atoms with van der Waals surface area (Å²) in [4.78, 5) is 26.2. The van der Waals surface area contributed by atoms with Crippen molar-refractivity contribution in [2.24, 2.45) is 5.73 Å². The van der Waals surface area contributed by atoms with Gasteiger partial charge in [0.1, 0.15) is 5.75 Å². The van der Waals surface area contributed by atoms with Crippen molar-refractivity contribution in [3.8, 4) is 17.2 Å². The SMILES string of the molecule is NC(=O)c1ccccc1OCC(=O)N1CCC[C@H]1c1ccc2c(c1)OCCCO2. The topological polar surface area (TPSA) is 91.1 Å². The zero-order valence-electron chi connectivity index (χ0n) is 16.1. The third-order valence-corrected chi connectivity index (χ3v) is 5.23. The molecule has 7 nitrogen and oxygen atoms in total. The minimum Gasteiger partial charge on any atom is -0.490 e. The second-order valence-corrected chi connectivity index (χ2v) is 7.15. The van der Waals surface area contributed by atoms with Crippen molar-refractivity contribution >= 4 is 11.8 Å². The number of hydrogen-bond acceptors (Lipinski definition) is 5. The van der Waals surface area contributed by atoms with Gasteiger partial charge in [0.05, 0.1) is 24.8 Å². The standard InChI is InChI=1S/C22H24N2O5/c23-22(26)16-5-1-2-7-18(16)29-14-21(25)24-10-3-6-17(24)15-8-9-19-20(13-15)28-12-4-11-27-19/h1-2,5,7-9,13,17H,3-4,6,10-12,14H2,(H2,23,26)/t17-/m0/s1. The molecular weight excluding hydrogens is 372 g/mol. The van der Waals surface area contributed by atoms with Crippen molar-refractivity contribution < 1.29 is 23.8 Å². The van der Waals surface area contributed by atoms with Gasteiger partial charge in [-0.2, -0.15) is 0 Å². The maximum atomic E-state index is 12.9. The lowest BCUT2D eigenvalue weighted by atomic mass is 10.0. The van der Waals surface area contributed by atoms with E-state index in [1.54, 1.807) is 24.3 Å². The van der Waals surface area contributed by atoms with Crippen LogP contribution in [-0.4, -0.2) is 43.1 Å². The number of nitrogens with zero attached hydrogens (tertiary/aromatic N) is 1. The Bertz CT molecular complexity index is 914. The number of amides is 2. The molecule has 0 spiro atoms. The van der Waals surface area contributed by atoms with Crippen LogP contribution in [-0.2, 0) is 4.79 Å². The smallest absolute Gasteiger partial charge is 0.261 e. The number of para-hydroxylation sites is 1. The quantitative estimate of drug-likeness (QED) is 0.839. The van der Waals surface area contributed by atoms with Crippen molar-refractivity contribution in [1.29, 1.82) is 0 Å². The number of fused-ring (bicyclic) bond motifs is 1. The number of carbonyl (C=O) groups excluding carboxylic acids is 2. The van der Waals surface area contributed by atoms with E-state index in [0.717, 1.165) is 36.3 Å². The molecule has 4 rings (SSSR count). The number of benzene rings is 2. The van der Waals surface area contributed by atoms with Gasteiger partial charge in [-0.15, -0.1) is 0 Å². The van der Waals surface area contributed by atoms with Gasteiger partial charge in [0.2, 0.25) is 0 Å². The van der Waals surface area contributed by atoms with Gasteiger partial charge in [0, 0.05) is 13.0 Å². The number of hydrogen-bond donors (Lipinski definition) is 1. The van der Waals surface area contributed by atoms with E-state index in [0.29, 0.717) is 25.5 Å². The van der Waals surface area contributed by atoms with Crippen LogP contribution < -0.4 is 19.9 Å². The van der Waals surface area contributed by atoms with E-state index < -0.39 is 5.91 Å². The van der Waals surface area contributed by atoms with E-state index in [1.807, 2.05) is 23.1 Å². The van der Waals surface area contributed by atoms with Crippen LogP contribution >= 0.6 is 0 Å². The van der Waals surface area contributed by atoms with E-state index >= 15 is 0 Å². The maximum Gasteiger partial charge on any atom is 0.261 e. The van der Waals surface area contributed by atoms with Gasteiger partial charge in [-0.3, -0.25) is 9.59 Å². The summed E-state index contributed by atoms with van der Waals surface area (Å²) in [6.07, 6.45) is 2.65. The summed E-state index contributed by atoms with van der Waals surface area (Å²) in [5.41, 5.74) is 6.66. The fourth-order valence-electron chi connectivity index (χ4n) is 3.82. The highest BCUT2D eigenvalue weighted by atomic mass is 16.5. The molecule has 2 amide bonds. The number of nitrogens with two attached hydrogens (primary N) is 1. The number of carbonyl (C=O) groups is 2. The van der Waals surface area contributed by atoms with Crippen molar-refractivity contribution in [3.63, 3.8) is 0 Å². The summed E-state index contributed by atoms with van der Waals surface area (Å²) in [5, 5.41) is 0. The Labute approximate surface area is 169 Å². The van der Waals surface area contributed by atoms with E-state index in [2.05, 4.69) is 0 Å². The predicted octanol–water partition coefficient (Wildman–Crippen LogP) is 2.69. The second kappa shape index (κ2) is 8.43. The lowest BCUT2D eigenvalue weighted by Crippen LogP contribution is -2.34. The van der Waals surface area contributed by atoms with Gasteiger partial charge in [0.25, 0.3) is 11.8 Å². The summed E-state index contributed by atoms with van der Waals surface area (Å²) in [6.45, 7) is 1.78. The number of rotatable bonds is 5. The minimum atomic E-state index is -0.584. The first-order valence-corrected chi connectivity index (χ1v) is 9.84. The van der Waals surface area contributed by atoms with Crippen molar-refractivity contribution in [2.45, 2.75) is 25.3 Å². The Kier molecular flexibility index (Phi) is 5.55. The average molecular weight is 396 g/mol. The van der Waals surface area contributed by atoms with Crippen LogP contribution in [0.15, 0.2) is 42.5 Å². The molecule has 7 heteroatoms. The Morgan fingerprint density at radius 2 is 1.86 bits per heavy atom. The lowest BCUT2D eigenvalue weighted by Gasteiger charge is -2.26. The Morgan fingerprint density at radius 3 is 2.69 bits per heavy atom. The van der Waals surface area contributed by atoms with Crippen LogP contribution in [0.4, 0.5) is 0 Å². The molecule has 2 heterocycles. The zero-order chi connectivity index (χ0) is 20.2. The van der Waals surface area contributed by atoms with E-state index in [-0.39, 0.29) is 24.1 Å². The van der Waals surface area contributed by atoms with Crippen LogP contribution in [0.25, 0.3) is 0 Å². The monoisotopic (exact) mass is 396 g/mol. The summed E-state index contributed by atoms with van der Waals surface area (Å²) >= 11 is 0. The summed E-state index contributed by atoms with van der Waals surface area (Å²) in [7, 11) is 0. The van der Waals surface area contributed by atoms with Crippen molar-refractivity contribution in [1.82, 2.24) is 4.90 Å². The molecule has 0 aromatic heterocycles. The lowest BCUT2D eigenvalue weighted by molar-refractivity contribution is -0.134. The summed E-state index contributed by atoms with van der Waals surface area (Å²) in [5.74, 6) is 1.08. The zero-order valence-corrected chi connectivity index (χ0v) is 16.1. The molecule has 2 aromatic rings. The molecule has 152 valence electrons. The van der Waals surface area contributed by atoms with Crippen LogP contribution in [0.2, 0.25) is 0 Å². The van der Waals surface area contributed by atoms with Crippen LogP contribution in [0.5, 0.6) is 17.2 Å². The molecule has 0 saturated carbocycles.